The number of rotatable bonds is 6. The first-order chi connectivity index (χ1) is 19.2. The van der Waals surface area contributed by atoms with E-state index in [2.05, 4.69) is 16.4 Å². The van der Waals surface area contributed by atoms with Crippen LogP contribution < -0.4 is 10.2 Å². The van der Waals surface area contributed by atoms with Crippen LogP contribution in [-0.2, 0) is 24.8 Å². The molecule has 2 aliphatic rings. The van der Waals surface area contributed by atoms with Crippen LogP contribution in [0.4, 0.5) is 32.0 Å². The molecule has 0 bridgehead atoms. The summed E-state index contributed by atoms with van der Waals surface area (Å²) >= 11 is 6.42. The molecule has 41 heavy (non-hydrogen) atoms. The van der Waals surface area contributed by atoms with Crippen LogP contribution in [0.1, 0.15) is 48.2 Å². The Morgan fingerprint density at radius 1 is 1.15 bits per heavy atom. The lowest BCUT2D eigenvalue weighted by molar-refractivity contribution is -0.192. The topological polar surface area (TPSA) is 74.0 Å². The van der Waals surface area contributed by atoms with Gasteiger partial charge < -0.3 is 14.8 Å². The third-order valence-electron chi connectivity index (χ3n) is 8.15. The molecule has 5 rings (SSSR count). The fourth-order valence-electron chi connectivity index (χ4n) is 5.39. The van der Waals surface area contributed by atoms with Gasteiger partial charge >= 0.3 is 12.4 Å². The van der Waals surface area contributed by atoms with Crippen molar-refractivity contribution in [1.29, 1.82) is 5.26 Å². The van der Waals surface area contributed by atoms with Crippen LogP contribution in [0.5, 0.6) is 0 Å². The molecule has 1 amide bonds. The standard InChI is InChI=1S/C28H26ClF6N5O/c1-39-23-13-22(40-8-4-19(5-9-40)27(30,31)32)18(14-36)11-21(23)38-24(39)12-17-10-16(2-3-20(17)29)15-37-25(41)26(6-7-26)28(33,34)35/h2-3,10-11,13,19H,4-9,12,15H2,1H3,(H,37,41). The minimum Gasteiger partial charge on any atom is -0.370 e. The van der Waals surface area contributed by atoms with E-state index in [-0.39, 0.29) is 51.7 Å². The predicted octanol–water partition coefficient (Wildman–Crippen LogP) is 6.43. The van der Waals surface area contributed by atoms with Crippen molar-refractivity contribution in [2.24, 2.45) is 18.4 Å². The zero-order chi connectivity index (χ0) is 29.7. The van der Waals surface area contributed by atoms with Gasteiger partial charge in [0.1, 0.15) is 17.3 Å². The second-order valence-corrected chi connectivity index (χ2v) is 11.1. The molecular weight excluding hydrogens is 572 g/mol. The number of hydrogen-bond donors (Lipinski definition) is 1. The molecule has 2 fully saturated rings. The normalized spacial score (nSPS) is 17.5. The van der Waals surface area contributed by atoms with Crippen LogP contribution >= 0.6 is 11.6 Å². The number of carbonyl (C=O) groups is 1. The van der Waals surface area contributed by atoms with Crippen molar-refractivity contribution >= 4 is 34.2 Å². The Labute approximate surface area is 236 Å². The molecule has 2 heterocycles. The van der Waals surface area contributed by atoms with Crippen molar-refractivity contribution in [2.75, 3.05) is 18.0 Å². The summed E-state index contributed by atoms with van der Waals surface area (Å²) < 4.78 is 80.9. The van der Waals surface area contributed by atoms with Crippen molar-refractivity contribution < 1.29 is 31.1 Å². The number of piperidine rings is 1. The second-order valence-electron chi connectivity index (χ2n) is 10.7. The Morgan fingerprint density at radius 2 is 1.83 bits per heavy atom. The van der Waals surface area contributed by atoms with E-state index in [1.165, 1.54) is 0 Å². The van der Waals surface area contributed by atoms with E-state index >= 15 is 0 Å². The van der Waals surface area contributed by atoms with E-state index in [1.807, 2.05) is 4.57 Å². The highest BCUT2D eigenvalue weighted by Gasteiger charge is 2.68. The summed E-state index contributed by atoms with van der Waals surface area (Å²) in [6.45, 7) is 0.263. The van der Waals surface area contributed by atoms with Crippen LogP contribution in [0.3, 0.4) is 0 Å². The van der Waals surface area contributed by atoms with Gasteiger partial charge in [-0.3, -0.25) is 4.79 Å². The maximum atomic E-state index is 13.2. The average molecular weight is 598 g/mol. The lowest BCUT2D eigenvalue weighted by Gasteiger charge is -2.34. The fourth-order valence-corrected chi connectivity index (χ4v) is 5.58. The Bertz CT molecular complexity index is 1530. The molecule has 0 spiro atoms. The van der Waals surface area contributed by atoms with Crippen LogP contribution in [0.25, 0.3) is 11.0 Å². The number of nitriles is 1. The Kier molecular flexibility index (Phi) is 7.39. The first-order valence-electron chi connectivity index (χ1n) is 13.1. The van der Waals surface area contributed by atoms with E-state index < -0.39 is 29.6 Å². The van der Waals surface area contributed by atoms with Crippen molar-refractivity contribution in [3.8, 4) is 6.07 Å². The van der Waals surface area contributed by atoms with Gasteiger partial charge in [-0.05, 0) is 55.0 Å². The molecule has 0 unspecified atom stereocenters. The number of fused-ring (bicyclic) bond motifs is 1. The molecule has 2 aromatic carbocycles. The molecule has 0 atom stereocenters. The largest absolute Gasteiger partial charge is 0.403 e. The van der Waals surface area contributed by atoms with Gasteiger partial charge in [0.15, 0.2) is 0 Å². The molecule has 218 valence electrons. The maximum absolute atomic E-state index is 13.2. The fraction of sp³-hybridized carbons (Fsp3) is 0.464. The highest BCUT2D eigenvalue weighted by atomic mass is 35.5. The van der Waals surface area contributed by atoms with E-state index in [9.17, 15) is 36.4 Å². The van der Waals surface area contributed by atoms with Gasteiger partial charge in [-0.25, -0.2) is 4.98 Å². The molecule has 6 nitrogen and oxygen atoms in total. The van der Waals surface area contributed by atoms with E-state index in [0.717, 1.165) is 0 Å². The molecule has 1 N–H and O–H groups in total. The lowest BCUT2D eigenvalue weighted by Crippen LogP contribution is -2.40. The van der Waals surface area contributed by atoms with Crippen molar-refractivity contribution in [2.45, 2.75) is 51.0 Å². The van der Waals surface area contributed by atoms with E-state index in [0.29, 0.717) is 44.3 Å². The van der Waals surface area contributed by atoms with Gasteiger partial charge in [0, 0.05) is 38.1 Å². The Balaban J connectivity index is 1.35. The van der Waals surface area contributed by atoms with Gasteiger partial charge in [-0.2, -0.15) is 31.6 Å². The molecule has 3 aromatic rings. The molecule has 1 aliphatic carbocycles. The highest BCUT2D eigenvalue weighted by molar-refractivity contribution is 6.31. The first-order valence-corrected chi connectivity index (χ1v) is 13.4. The van der Waals surface area contributed by atoms with Gasteiger partial charge in [-0.15, -0.1) is 0 Å². The van der Waals surface area contributed by atoms with Crippen molar-refractivity contribution in [1.82, 2.24) is 14.9 Å². The zero-order valence-electron chi connectivity index (χ0n) is 22.0. The smallest absolute Gasteiger partial charge is 0.370 e. The van der Waals surface area contributed by atoms with Crippen LogP contribution in [0, 0.1) is 22.7 Å². The summed E-state index contributed by atoms with van der Waals surface area (Å²) in [6.07, 6.45) is -9.10. The molecule has 0 radical (unpaired) electrons. The molecule has 1 aliphatic heterocycles. The number of benzene rings is 2. The SMILES string of the molecule is Cn1c(Cc2cc(CNC(=O)C3(C(F)(F)F)CC3)ccc2Cl)nc2cc(C#N)c(N3CCC(C(F)(F)F)CC3)cc21. The monoisotopic (exact) mass is 597 g/mol. The number of halogens is 7. The number of aryl methyl sites for hydroxylation is 1. The third-order valence-corrected chi connectivity index (χ3v) is 8.52. The van der Waals surface area contributed by atoms with Gasteiger partial charge in [-0.1, -0.05) is 23.7 Å². The van der Waals surface area contributed by atoms with Gasteiger partial charge in [0.2, 0.25) is 5.91 Å². The van der Waals surface area contributed by atoms with Gasteiger partial charge in [0.25, 0.3) is 0 Å². The summed E-state index contributed by atoms with van der Waals surface area (Å²) in [5.41, 5.74) is 1.01. The predicted molar refractivity (Wildman–Crippen MR) is 140 cm³/mol. The summed E-state index contributed by atoms with van der Waals surface area (Å²) in [4.78, 5) is 18.7. The third kappa shape index (κ3) is 5.56. The minimum atomic E-state index is -4.59. The molecular formula is C28H26ClF6N5O. The number of alkyl halides is 6. The lowest BCUT2D eigenvalue weighted by atomic mass is 9.95. The van der Waals surface area contributed by atoms with E-state index in [4.69, 9.17) is 11.6 Å². The summed E-state index contributed by atoms with van der Waals surface area (Å²) in [6, 6.07) is 10.4. The van der Waals surface area contributed by atoms with Crippen LogP contribution in [-0.4, -0.2) is 40.9 Å². The number of imidazole rings is 1. The van der Waals surface area contributed by atoms with Crippen molar-refractivity contribution in [3.05, 3.63) is 57.9 Å². The number of carbonyl (C=O) groups excluding carboxylic acids is 1. The van der Waals surface area contributed by atoms with Crippen LogP contribution in [0.2, 0.25) is 5.02 Å². The first kappa shape index (κ1) is 29.0. The summed E-state index contributed by atoms with van der Waals surface area (Å²) in [5.74, 6) is -1.80. The van der Waals surface area contributed by atoms with Crippen molar-refractivity contribution in [3.63, 3.8) is 0 Å². The highest BCUT2D eigenvalue weighted by Crippen LogP contribution is 2.57. The number of amides is 1. The van der Waals surface area contributed by atoms with Crippen LogP contribution in [0.15, 0.2) is 30.3 Å². The maximum Gasteiger partial charge on any atom is 0.403 e. The Hall–Kier alpha value is -3.46. The van der Waals surface area contributed by atoms with Gasteiger partial charge in [0.05, 0.1) is 28.2 Å². The molecule has 13 heteroatoms. The number of hydrogen-bond acceptors (Lipinski definition) is 4. The molecule has 1 aromatic heterocycles. The van der Waals surface area contributed by atoms with E-state index in [1.54, 1.807) is 42.3 Å². The number of aromatic nitrogens is 2. The molecule has 1 saturated heterocycles. The minimum absolute atomic E-state index is 0.0461. The number of anilines is 1. The molecule has 1 saturated carbocycles. The number of nitrogens with one attached hydrogen (secondary N) is 1. The Morgan fingerprint density at radius 3 is 2.41 bits per heavy atom. The quantitative estimate of drug-likeness (QED) is 0.333. The second kappa shape index (κ2) is 10.4. The zero-order valence-corrected chi connectivity index (χ0v) is 22.7. The summed E-state index contributed by atoms with van der Waals surface area (Å²) in [7, 11) is 1.78. The number of nitrogens with zero attached hydrogens (tertiary/aromatic N) is 4. The average Bonchev–Trinajstić information content (AvgIpc) is 3.69. The summed E-state index contributed by atoms with van der Waals surface area (Å²) in [5, 5.41) is 12.6.